The third-order valence-electron chi connectivity index (χ3n) is 2.98. The standard InChI is InChI=1S/C15H21NO5/c1-10(2)13(8-15(18)19)16-14(17)9-21-12-6-4-11(20-3)5-7-12/h4-7,10,13H,8-9H2,1-3H3,(H,16,17)(H,18,19). The lowest BCUT2D eigenvalue weighted by Crippen LogP contribution is -2.42. The molecule has 1 aromatic carbocycles. The zero-order chi connectivity index (χ0) is 15.8. The average molecular weight is 295 g/mol. The third kappa shape index (κ3) is 6.16. The number of nitrogens with one attached hydrogen (secondary N) is 1. The van der Waals surface area contributed by atoms with Crippen molar-refractivity contribution in [3.63, 3.8) is 0 Å². The lowest BCUT2D eigenvalue weighted by molar-refractivity contribution is -0.138. The molecule has 2 N–H and O–H groups in total. The van der Waals surface area contributed by atoms with Gasteiger partial charge in [0.25, 0.3) is 5.91 Å². The molecule has 6 nitrogen and oxygen atoms in total. The van der Waals surface area contributed by atoms with E-state index in [2.05, 4.69) is 5.32 Å². The first-order valence-electron chi connectivity index (χ1n) is 6.70. The van der Waals surface area contributed by atoms with Crippen molar-refractivity contribution in [1.82, 2.24) is 5.32 Å². The highest BCUT2D eigenvalue weighted by Gasteiger charge is 2.19. The van der Waals surface area contributed by atoms with Gasteiger partial charge in [0.15, 0.2) is 6.61 Å². The van der Waals surface area contributed by atoms with Crippen LogP contribution in [0.3, 0.4) is 0 Å². The second-order valence-electron chi connectivity index (χ2n) is 4.98. The van der Waals surface area contributed by atoms with Gasteiger partial charge in [-0.2, -0.15) is 0 Å². The summed E-state index contributed by atoms with van der Waals surface area (Å²) >= 11 is 0. The quantitative estimate of drug-likeness (QED) is 0.762. The highest BCUT2D eigenvalue weighted by atomic mass is 16.5. The Hall–Kier alpha value is -2.24. The Morgan fingerprint density at radius 1 is 1.19 bits per heavy atom. The van der Waals surface area contributed by atoms with E-state index in [0.717, 1.165) is 0 Å². The molecule has 0 aliphatic carbocycles. The maximum Gasteiger partial charge on any atom is 0.305 e. The largest absolute Gasteiger partial charge is 0.497 e. The van der Waals surface area contributed by atoms with Crippen LogP contribution in [0.1, 0.15) is 20.3 Å². The first-order valence-corrected chi connectivity index (χ1v) is 6.70. The maximum absolute atomic E-state index is 11.8. The van der Waals surface area contributed by atoms with E-state index >= 15 is 0 Å². The SMILES string of the molecule is COc1ccc(OCC(=O)NC(CC(=O)O)C(C)C)cc1. The van der Waals surface area contributed by atoms with Crippen molar-refractivity contribution in [2.24, 2.45) is 5.92 Å². The van der Waals surface area contributed by atoms with Crippen LogP contribution in [0.2, 0.25) is 0 Å². The van der Waals surface area contributed by atoms with Gasteiger partial charge in [-0.05, 0) is 30.2 Å². The van der Waals surface area contributed by atoms with Crippen LogP contribution in [0.5, 0.6) is 11.5 Å². The van der Waals surface area contributed by atoms with Crippen molar-refractivity contribution in [1.29, 1.82) is 0 Å². The van der Waals surface area contributed by atoms with Gasteiger partial charge in [0.2, 0.25) is 0 Å². The third-order valence-corrected chi connectivity index (χ3v) is 2.98. The van der Waals surface area contributed by atoms with Crippen molar-refractivity contribution < 1.29 is 24.2 Å². The second-order valence-corrected chi connectivity index (χ2v) is 4.98. The number of carboxylic acids is 1. The number of aliphatic carboxylic acids is 1. The van der Waals surface area contributed by atoms with Crippen LogP contribution in [0, 0.1) is 5.92 Å². The van der Waals surface area contributed by atoms with Gasteiger partial charge >= 0.3 is 5.97 Å². The molecule has 0 aliphatic heterocycles. The molecule has 0 saturated heterocycles. The normalized spacial score (nSPS) is 11.8. The molecule has 0 aromatic heterocycles. The second kappa shape index (κ2) is 8.14. The molecule has 1 unspecified atom stereocenters. The van der Waals surface area contributed by atoms with Crippen LogP contribution in [-0.4, -0.2) is 36.7 Å². The van der Waals surface area contributed by atoms with E-state index in [4.69, 9.17) is 14.6 Å². The first-order chi connectivity index (χ1) is 9.92. The topological polar surface area (TPSA) is 84.9 Å². The fraction of sp³-hybridized carbons (Fsp3) is 0.467. The van der Waals surface area contributed by atoms with Gasteiger partial charge in [-0.1, -0.05) is 13.8 Å². The van der Waals surface area contributed by atoms with Crippen molar-refractivity contribution >= 4 is 11.9 Å². The first kappa shape index (κ1) is 16.8. The number of ether oxygens (including phenoxy) is 2. The van der Waals surface area contributed by atoms with E-state index in [1.165, 1.54) is 0 Å². The van der Waals surface area contributed by atoms with Gasteiger partial charge < -0.3 is 19.9 Å². The molecule has 1 aromatic rings. The van der Waals surface area contributed by atoms with Crippen LogP contribution in [0.25, 0.3) is 0 Å². The number of benzene rings is 1. The van der Waals surface area contributed by atoms with Crippen LogP contribution in [0.15, 0.2) is 24.3 Å². The lowest BCUT2D eigenvalue weighted by atomic mass is 10.0. The van der Waals surface area contributed by atoms with E-state index in [9.17, 15) is 9.59 Å². The monoisotopic (exact) mass is 295 g/mol. The van der Waals surface area contributed by atoms with Gasteiger partial charge in [0, 0.05) is 6.04 Å². The van der Waals surface area contributed by atoms with Crippen LogP contribution < -0.4 is 14.8 Å². The van der Waals surface area contributed by atoms with Crippen molar-refractivity contribution in [2.75, 3.05) is 13.7 Å². The van der Waals surface area contributed by atoms with Gasteiger partial charge in [-0.25, -0.2) is 0 Å². The Balaban J connectivity index is 2.46. The number of rotatable bonds is 8. The van der Waals surface area contributed by atoms with Crippen LogP contribution in [0.4, 0.5) is 0 Å². The molecular weight excluding hydrogens is 274 g/mol. The Labute approximate surface area is 124 Å². The zero-order valence-electron chi connectivity index (χ0n) is 12.5. The number of carbonyl (C=O) groups is 2. The fourth-order valence-corrected chi connectivity index (χ4v) is 1.71. The summed E-state index contributed by atoms with van der Waals surface area (Å²) in [7, 11) is 1.57. The van der Waals surface area contributed by atoms with E-state index in [-0.39, 0.29) is 24.9 Å². The minimum absolute atomic E-state index is 0.0334. The van der Waals surface area contributed by atoms with Gasteiger partial charge in [0.1, 0.15) is 11.5 Å². The molecule has 6 heteroatoms. The number of methoxy groups -OCH3 is 1. The zero-order valence-corrected chi connectivity index (χ0v) is 12.5. The van der Waals surface area contributed by atoms with Crippen LogP contribution in [-0.2, 0) is 9.59 Å². The molecule has 0 aliphatic rings. The van der Waals surface area contributed by atoms with Gasteiger partial charge in [-0.15, -0.1) is 0 Å². The summed E-state index contributed by atoms with van der Waals surface area (Å²) in [6, 6.07) is 6.45. The molecule has 0 heterocycles. The number of carbonyl (C=O) groups excluding carboxylic acids is 1. The highest BCUT2D eigenvalue weighted by Crippen LogP contribution is 2.16. The molecule has 0 fully saturated rings. The van der Waals surface area contributed by atoms with Gasteiger partial charge in [-0.3, -0.25) is 9.59 Å². The summed E-state index contributed by atoms with van der Waals surface area (Å²) in [5.41, 5.74) is 0. The van der Waals surface area contributed by atoms with E-state index in [0.29, 0.717) is 11.5 Å². The highest BCUT2D eigenvalue weighted by molar-refractivity contribution is 5.78. The summed E-state index contributed by atoms with van der Waals surface area (Å²) in [6.07, 6.45) is -0.105. The van der Waals surface area contributed by atoms with E-state index in [1.807, 2.05) is 13.8 Å². The smallest absolute Gasteiger partial charge is 0.305 e. The fourth-order valence-electron chi connectivity index (χ4n) is 1.71. The maximum atomic E-state index is 11.8. The molecule has 0 radical (unpaired) electrons. The van der Waals surface area contributed by atoms with Gasteiger partial charge in [0.05, 0.1) is 13.5 Å². The minimum atomic E-state index is -0.940. The Morgan fingerprint density at radius 2 is 1.76 bits per heavy atom. The molecule has 1 rings (SSSR count). The Bertz CT molecular complexity index is 469. The predicted octanol–water partition coefficient (Wildman–Crippen LogP) is 1.69. The summed E-state index contributed by atoms with van der Waals surface area (Å²) in [6.45, 7) is 3.56. The Morgan fingerprint density at radius 3 is 2.24 bits per heavy atom. The molecule has 21 heavy (non-hydrogen) atoms. The summed E-state index contributed by atoms with van der Waals surface area (Å²) in [5, 5.41) is 11.5. The number of carboxylic acid groups (broad SMARTS) is 1. The summed E-state index contributed by atoms with van der Waals surface area (Å²) < 4.78 is 10.4. The Kier molecular flexibility index (Phi) is 6.52. The molecule has 0 spiro atoms. The molecule has 0 saturated carbocycles. The summed E-state index contributed by atoms with van der Waals surface area (Å²) in [4.78, 5) is 22.5. The number of amides is 1. The molecule has 0 bridgehead atoms. The minimum Gasteiger partial charge on any atom is -0.497 e. The number of hydrogen-bond acceptors (Lipinski definition) is 4. The van der Waals surface area contributed by atoms with Crippen molar-refractivity contribution in [3.8, 4) is 11.5 Å². The lowest BCUT2D eigenvalue weighted by Gasteiger charge is -2.20. The molecule has 116 valence electrons. The molecule has 1 atom stereocenters. The van der Waals surface area contributed by atoms with Crippen molar-refractivity contribution in [2.45, 2.75) is 26.3 Å². The predicted molar refractivity (Wildman–Crippen MR) is 77.5 cm³/mol. The van der Waals surface area contributed by atoms with E-state index in [1.54, 1.807) is 31.4 Å². The summed E-state index contributed by atoms with van der Waals surface area (Å²) in [5.74, 6) is 0.000269. The van der Waals surface area contributed by atoms with E-state index < -0.39 is 12.0 Å². The number of hydrogen-bond donors (Lipinski definition) is 2. The molecular formula is C15H21NO5. The van der Waals surface area contributed by atoms with Crippen LogP contribution >= 0.6 is 0 Å². The average Bonchev–Trinajstić information content (AvgIpc) is 2.44. The molecule has 1 amide bonds. The van der Waals surface area contributed by atoms with Crippen molar-refractivity contribution in [3.05, 3.63) is 24.3 Å².